The number of amides is 1. The molecule has 5 aromatic rings. The fourth-order valence-corrected chi connectivity index (χ4v) is 10.9. The molecule has 2 fully saturated rings. The number of piperazine rings is 2. The van der Waals surface area contributed by atoms with Crippen molar-refractivity contribution in [1.82, 2.24) is 29.4 Å². The number of aromatic nitrogens is 2. The summed E-state index contributed by atoms with van der Waals surface area (Å²) in [6.45, 7) is 14.5. The van der Waals surface area contributed by atoms with Crippen LogP contribution in [0.1, 0.15) is 61.5 Å². The number of rotatable bonds is 12. The van der Waals surface area contributed by atoms with E-state index in [1.807, 2.05) is 18.2 Å². The summed E-state index contributed by atoms with van der Waals surface area (Å²) in [5.74, 6) is -0.358. The first-order chi connectivity index (χ1) is 31.6. The number of sulfonamides is 1. The molecule has 1 amide bonds. The van der Waals surface area contributed by atoms with Gasteiger partial charge in [0.05, 0.1) is 33.7 Å². The number of hydrogen-bond acceptors (Lipinski definition) is 12. The average Bonchev–Trinajstić information content (AvgIpc) is 3.76. The second-order valence-electron chi connectivity index (χ2n) is 19.1. The van der Waals surface area contributed by atoms with Gasteiger partial charge in [-0.15, -0.1) is 0 Å². The van der Waals surface area contributed by atoms with Crippen molar-refractivity contribution >= 4 is 55.5 Å². The number of carbonyl (C=O) groups excluding carboxylic acids is 1. The van der Waals surface area contributed by atoms with Gasteiger partial charge in [0.25, 0.3) is 21.6 Å². The number of nitrogens with one attached hydrogen (secondary N) is 2. The summed E-state index contributed by atoms with van der Waals surface area (Å²) in [5.41, 5.74) is 5.75. The number of aromatic amines is 1. The summed E-state index contributed by atoms with van der Waals surface area (Å²) in [7, 11) is -2.53. The number of H-pyrrole nitrogens is 1. The van der Waals surface area contributed by atoms with Crippen molar-refractivity contribution in [2.75, 3.05) is 77.5 Å². The third-order valence-corrected chi connectivity index (χ3v) is 15.3. The first kappa shape index (κ1) is 45.6. The molecule has 2 aromatic heterocycles. The van der Waals surface area contributed by atoms with E-state index in [-0.39, 0.29) is 40.7 Å². The lowest BCUT2D eigenvalue weighted by atomic mass is 9.72. The Morgan fingerprint density at radius 2 is 1.80 bits per heavy atom. The molecule has 2 atom stereocenters. The number of fused-ring (bicyclic) bond motifs is 2. The van der Waals surface area contributed by atoms with E-state index >= 15 is 0 Å². The van der Waals surface area contributed by atoms with Crippen LogP contribution in [0.4, 0.5) is 11.4 Å². The fraction of sp³-hybridized carbons (Fsp3) is 0.429. The minimum absolute atomic E-state index is 0.00612. The molecule has 0 radical (unpaired) electrons. The standard InChI is InChI=1S/C49H57ClN8O7S/c1-32-28-56(16-15-54(32)4)29-33-21-42-44(58(60)61)24-40(25-45(42)64-31-33)66(62,63)53-48(59)41-10-9-38(23-46(41)65-39-22-35-12-14-51-47(35)52-27-39)57-19-17-55(18-20-57)30-36-11-13-49(2,3)26-43(36)34-5-7-37(50)8-6-34/h5-10,12,14,22-25,27,32-33H,11,13,15-21,26,28-31H2,1-4H3,(H,51,52)(H,53,59)/t32-,33-/m0/s1. The number of nitrogens with zero attached hydrogens (tertiary/aromatic N) is 6. The van der Waals surface area contributed by atoms with E-state index in [0.29, 0.717) is 36.0 Å². The van der Waals surface area contributed by atoms with E-state index in [1.54, 1.807) is 30.5 Å². The zero-order valence-electron chi connectivity index (χ0n) is 37.9. The van der Waals surface area contributed by atoms with E-state index in [0.717, 1.165) is 93.8 Å². The molecule has 5 heterocycles. The van der Waals surface area contributed by atoms with Gasteiger partial charge in [0.1, 0.15) is 22.9 Å². The number of nitro groups is 1. The molecule has 15 nitrogen and oxygen atoms in total. The molecule has 2 N–H and O–H groups in total. The summed E-state index contributed by atoms with van der Waals surface area (Å²) >= 11 is 6.25. The van der Waals surface area contributed by atoms with Crippen LogP contribution in [0.15, 0.2) is 89.6 Å². The van der Waals surface area contributed by atoms with E-state index in [9.17, 15) is 23.3 Å². The van der Waals surface area contributed by atoms with Gasteiger partial charge in [0, 0.05) is 111 Å². The predicted molar refractivity (Wildman–Crippen MR) is 256 cm³/mol. The average molecular weight is 938 g/mol. The number of hydrogen-bond donors (Lipinski definition) is 2. The summed E-state index contributed by atoms with van der Waals surface area (Å²) in [5, 5.41) is 14.0. The maximum absolute atomic E-state index is 14.1. The molecule has 2 saturated heterocycles. The lowest BCUT2D eigenvalue weighted by molar-refractivity contribution is -0.386. The molecule has 3 aliphatic heterocycles. The molecule has 0 bridgehead atoms. The molecule has 17 heteroatoms. The third-order valence-electron chi connectivity index (χ3n) is 13.8. The highest BCUT2D eigenvalue weighted by Gasteiger charge is 2.34. The van der Waals surface area contributed by atoms with Crippen molar-refractivity contribution in [2.45, 2.75) is 57.4 Å². The van der Waals surface area contributed by atoms with Crippen molar-refractivity contribution in [1.29, 1.82) is 0 Å². The van der Waals surface area contributed by atoms with Crippen LogP contribution in [0.3, 0.4) is 0 Å². The minimum Gasteiger partial charge on any atom is -0.493 e. The number of nitro benzene ring substituents is 1. The van der Waals surface area contributed by atoms with E-state index in [4.69, 9.17) is 21.1 Å². The topological polar surface area (TPSA) is 166 Å². The second-order valence-corrected chi connectivity index (χ2v) is 21.3. The minimum atomic E-state index is -4.63. The van der Waals surface area contributed by atoms with Crippen LogP contribution in [0.2, 0.25) is 5.02 Å². The van der Waals surface area contributed by atoms with Crippen molar-refractivity contribution < 1.29 is 27.6 Å². The number of carbonyl (C=O) groups is 1. The third kappa shape index (κ3) is 10.1. The van der Waals surface area contributed by atoms with Crippen LogP contribution in [0.5, 0.6) is 17.2 Å². The molecule has 9 rings (SSSR count). The predicted octanol–water partition coefficient (Wildman–Crippen LogP) is 8.01. The lowest BCUT2D eigenvalue weighted by Crippen LogP contribution is -2.51. The van der Waals surface area contributed by atoms with Gasteiger partial charge >= 0.3 is 0 Å². The SMILES string of the molecule is C[C@H]1CN(C[C@H]2COc3cc(S(=O)(=O)NC(=O)c4ccc(N5CCN(CC6=C(c7ccc(Cl)cc7)CC(C)(C)CC6)CC5)cc4Oc4cnc5[nH]ccc5c4)cc([N+](=O)[O-])c3C2)CCN1C. The molecule has 3 aromatic carbocycles. The quantitative estimate of drug-likeness (QED) is 0.0916. The highest BCUT2D eigenvalue weighted by atomic mass is 35.5. The molecule has 66 heavy (non-hydrogen) atoms. The van der Waals surface area contributed by atoms with Crippen LogP contribution in [0.25, 0.3) is 16.6 Å². The molecular formula is C49H57ClN8O7S. The van der Waals surface area contributed by atoms with Crippen molar-refractivity contribution in [3.8, 4) is 17.2 Å². The van der Waals surface area contributed by atoms with Gasteiger partial charge < -0.3 is 29.2 Å². The molecule has 0 unspecified atom stereocenters. The molecule has 348 valence electrons. The summed E-state index contributed by atoms with van der Waals surface area (Å²) < 4.78 is 42.5. The first-order valence-electron chi connectivity index (χ1n) is 22.7. The van der Waals surface area contributed by atoms with Gasteiger partial charge in [-0.25, -0.2) is 18.1 Å². The van der Waals surface area contributed by atoms with Crippen molar-refractivity contribution in [2.24, 2.45) is 11.3 Å². The van der Waals surface area contributed by atoms with E-state index in [1.165, 1.54) is 29.0 Å². The summed E-state index contributed by atoms with van der Waals surface area (Å²) in [6.07, 6.45) is 6.85. The number of halogens is 1. The van der Waals surface area contributed by atoms with Gasteiger partial charge in [-0.2, -0.15) is 0 Å². The second kappa shape index (κ2) is 18.6. The normalized spacial score (nSPS) is 20.8. The van der Waals surface area contributed by atoms with Gasteiger partial charge in [0.15, 0.2) is 0 Å². The summed E-state index contributed by atoms with van der Waals surface area (Å²) in [6, 6.07) is 19.6. The van der Waals surface area contributed by atoms with Gasteiger partial charge in [-0.05, 0) is 92.6 Å². The lowest BCUT2D eigenvalue weighted by Gasteiger charge is -2.39. The number of anilines is 1. The number of likely N-dealkylation sites (N-methyl/N-ethyl adjacent to an activating group) is 1. The van der Waals surface area contributed by atoms with Gasteiger partial charge in [-0.3, -0.25) is 19.8 Å². The van der Waals surface area contributed by atoms with Crippen LogP contribution in [-0.2, 0) is 16.4 Å². The Balaban J connectivity index is 0.931. The Kier molecular flexibility index (Phi) is 12.9. The molecule has 0 spiro atoms. The molecule has 0 saturated carbocycles. The first-order valence-corrected chi connectivity index (χ1v) is 24.6. The number of allylic oxidation sites excluding steroid dienone is 1. The number of ether oxygens (including phenoxy) is 2. The van der Waals surface area contributed by atoms with E-state index < -0.39 is 25.7 Å². The fourth-order valence-electron chi connectivity index (χ4n) is 9.80. The maximum atomic E-state index is 14.1. The van der Waals surface area contributed by atoms with Crippen LogP contribution in [-0.4, -0.2) is 123 Å². The summed E-state index contributed by atoms with van der Waals surface area (Å²) in [4.78, 5) is 42.4. The van der Waals surface area contributed by atoms with E-state index in [2.05, 4.69) is 74.2 Å². The molecule has 1 aliphatic carbocycles. The van der Waals surface area contributed by atoms with Gasteiger partial charge in [0.2, 0.25) is 0 Å². The Hall–Kier alpha value is -5.52. The largest absolute Gasteiger partial charge is 0.493 e. The van der Waals surface area contributed by atoms with Crippen molar-refractivity contribution in [3.63, 3.8) is 0 Å². The van der Waals surface area contributed by atoms with Crippen molar-refractivity contribution in [3.05, 3.63) is 117 Å². The van der Waals surface area contributed by atoms with Crippen LogP contribution in [0, 0.1) is 21.4 Å². The monoisotopic (exact) mass is 936 g/mol. The Morgan fingerprint density at radius 3 is 2.56 bits per heavy atom. The molecule has 4 aliphatic rings. The Labute approximate surface area is 390 Å². The number of pyridine rings is 1. The smallest absolute Gasteiger partial charge is 0.277 e. The van der Waals surface area contributed by atoms with Crippen LogP contribution >= 0.6 is 11.6 Å². The number of benzene rings is 3. The zero-order chi connectivity index (χ0) is 46.3. The molecular weight excluding hydrogens is 880 g/mol. The highest BCUT2D eigenvalue weighted by Crippen LogP contribution is 2.44. The maximum Gasteiger partial charge on any atom is 0.277 e. The Bertz CT molecular complexity index is 2790. The zero-order valence-corrected chi connectivity index (χ0v) is 39.5. The highest BCUT2D eigenvalue weighted by molar-refractivity contribution is 7.90. The van der Waals surface area contributed by atoms with Crippen LogP contribution < -0.4 is 19.1 Å². The van der Waals surface area contributed by atoms with Gasteiger partial charge in [-0.1, -0.05) is 43.2 Å². The Morgan fingerprint density at radius 1 is 1.03 bits per heavy atom.